The number of hydrogen-bond acceptors (Lipinski definition) is 6. The molecule has 1 aliphatic heterocycles. The molecule has 4 aromatic rings. The summed E-state index contributed by atoms with van der Waals surface area (Å²) in [4.78, 5) is 43.2. The van der Waals surface area contributed by atoms with Gasteiger partial charge in [0, 0.05) is 18.7 Å². The quantitative estimate of drug-likeness (QED) is 0.142. The number of halogens is 1. The molecule has 0 unspecified atom stereocenters. The topological polar surface area (TPSA) is 84.7 Å². The van der Waals surface area contributed by atoms with Crippen LogP contribution in [0.15, 0.2) is 78.9 Å². The number of rotatable bonds is 10. The van der Waals surface area contributed by atoms with Crippen LogP contribution in [0.5, 0.6) is 0 Å². The molecule has 2 aliphatic carbocycles. The fourth-order valence-corrected chi connectivity index (χ4v) is 12.8. The maximum Gasteiger partial charge on any atom is 0.309 e. The lowest BCUT2D eigenvalue weighted by molar-refractivity contribution is -0.150. The lowest BCUT2D eigenvalue weighted by atomic mass is 9.79. The van der Waals surface area contributed by atoms with Crippen molar-refractivity contribution >= 4 is 48.0 Å². The molecule has 1 saturated carbocycles. The van der Waals surface area contributed by atoms with Crippen molar-refractivity contribution in [2.45, 2.75) is 83.1 Å². The van der Waals surface area contributed by atoms with Gasteiger partial charge in [0.05, 0.1) is 28.8 Å². The summed E-state index contributed by atoms with van der Waals surface area (Å²) >= 11 is 6.73. The monoisotopic (exact) mass is 709 g/mol. The summed E-state index contributed by atoms with van der Waals surface area (Å²) in [6.07, 6.45) is 7.08. The summed E-state index contributed by atoms with van der Waals surface area (Å²) in [5.74, 6) is 0.484. The number of anilines is 1. The summed E-state index contributed by atoms with van der Waals surface area (Å²) in [7, 11) is -3.33. The van der Waals surface area contributed by atoms with Crippen LogP contribution in [0.4, 0.5) is 5.82 Å². The first-order valence-corrected chi connectivity index (χ1v) is 20.7. The van der Waals surface area contributed by atoms with Gasteiger partial charge in [-0.15, -0.1) is 5.10 Å². The molecule has 0 bridgehead atoms. The smallest absolute Gasteiger partial charge is 0.309 e. The van der Waals surface area contributed by atoms with E-state index in [1.54, 1.807) is 10.7 Å². The summed E-state index contributed by atoms with van der Waals surface area (Å²) in [5, 5.41) is 6.95. The SMILES string of the molecule is CCOC(=O)[C@@H]1CCN(c2nn(C(=O)c3c(Cl)cccc3C3CC3)c3c2CCCC3)C[C@H]1CC(C)(C)[Si](O)(c1ccccc1)c1ccccc1. The van der Waals surface area contributed by atoms with E-state index in [2.05, 4.69) is 18.7 Å². The highest BCUT2D eigenvalue weighted by atomic mass is 35.5. The molecular weight excluding hydrogens is 662 g/mol. The number of aromatic nitrogens is 2. The minimum absolute atomic E-state index is 0.102. The van der Waals surface area contributed by atoms with Crippen LogP contribution in [0.3, 0.4) is 0 Å². The number of carbonyl (C=O) groups is 2. The molecule has 0 radical (unpaired) electrons. The van der Waals surface area contributed by atoms with E-state index in [0.29, 0.717) is 49.0 Å². The van der Waals surface area contributed by atoms with Crippen molar-refractivity contribution in [2.75, 3.05) is 24.6 Å². The predicted molar refractivity (Wildman–Crippen MR) is 201 cm³/mol. The highest BCUT2D eigenvalue weighted by Crippen LogP contribution is 2.47. The van der Waals surface area contributed by atoms with Gasteiger partial charge in [-0.3, -0.25) is 9.59 Å². The molecule has 1 saturated heterocycles. The first kappa shape index (κ1) is 34.7. The minimum atomic E-state index is -3.33. The summed E-state index contributed by atoms with van der Waals surface area (Å²) in [6.45, 7) is 7.72. The lowest BCUT2D eigenvalue weighted by Crippen LogP contribution is -2.66. The third-order valence-electron chi connectivity index (χ3n) is 11.4. The highest BCUT2D eigenvalue weighted by Gasteiger charge is 2.52. The third-order valence-corrected chi connectivity index (χ3v) is 16.2. The molecule has 262 valence electrons. The fraction of sp³-hybridized carbons (Fsp3) is 0.439. The van der Waals surface area contributed by atoms with Gasteiger partial charge < -0.3 is 14.4 Å². The van der Waals surface area contributed by atoms with Crippen LogP contribution in [0, 0.1) is 11.8 Å². The van der Waals surface area contributed by atoms with E-state index in [1.807, 2.05) is 79.7 Å². The highest BCUT2D eigenvalue weighted by molar-refractivity contribution is 6.98. The van der Waals surface area contributed by atoms with Gasteiger partial charge in [-0.05, 0) is 97.2 Å². The van der Waals surface area contributed by atoms with Gasteiger partial charge in [0.25, 0.3) is 14.2 Å². The average molecular weight is 710 g/mol. The van der Waals surface area contributed by atoms with Crippen molar-refractivity contribution < 1.29 is 19.1 Å². The van der Waals surface area contributed by atoms with Gasteiger partial charge in [-0.25, -0.2) is 0 Å². The predicted octanol–water partition coefficient (Wildman–Crippen LogP) is 6.91. The first-order chi connectivity index (χ1) is 24.1. The molecule has 3 aliphatic rings. The van der Waals surface area contributed by atoms with E-state index in [9.17, 15) is 14.4 Å². The Morgan fingerprint density at radius 2 is 1.60 bits per heavy atom. The van der Waals surface area contributed by atoms with Crippen LogP contribution in [0.25, 0.3) is 0 Å². The van der Waals surface area contributed by atoms with Crippen molar-refractivity contribution in [3.8, 4) is 0 Å². The lowest BCUT2D eigenvalue weighted by Gasteiger charge is -2.46. The zero-order valence-corrected chi connectivity index (χ0v) is 31.2. The van der Waals surface area contributed by atoms with Crippen molar-refractivity contribution in [1.82, 2.24) is 9.78 Å². The maximum absolute atomic E-state index is 14.3. The Balaban J connectivity index is 1.25. The van der Waals surface area contributed by atoms with E-state index < -0.39 is 13.4 Å². The van der Waals surface area contributed by atoms with Gasteiger partial charge in [-0.1, -0.05) is 98.2 Å². The molecule has 1 N–H and O–H groups in total. The summed E-state index contributed by atoms with van der Waals surface area (Å²) < 4.78 is 7.30. The molecule has 9 heteroatoms. The van der Waals surface area contributed by atoms with Crippen LogP contribution in [0.1, 0.15) is 92.4 Å². The number of fused-ring (bicyclic) bond motifs is 1. The van der Waals surface area contributed by atoms with Gasteiger partial charge in [0.15, 0.2) is 5.82 Å². The number of benzene rings is 3. The second-order valence-corrected chi connectivity index (χ2v) is 19.4. The van der Waals surface area contributed by atoms with Gasteiger partial charge in [0.1, 0.15) is 0 Å². The van der Waals surface area contributed by atoms with Crippen LogP contribution in [-0.4, -0.2) is 54.5 Å². The number of piperidine rings is 1. The Labute approximate surface area is 301 Å². The Hall–Kier alpha value is -3.72. The normalized spacial score (nSPS) is 19.6. The van der Waals surface area contributed by atoms with Crippen molar-refractivity contribution in [3.63, 3.8) is 0 Å². The van der Waals surface area contributed by atoms with E-state index in [0.717, 1.165) is 71.5 Å². The zero-order valence-electron chi connectivity index (χ0n) is 29.4. The molecule has 3 aromatic carbocycles. The van der Waals surface area contributed by atoms with Crippen LogP contribution in [0.2, 0.25) is 10.1 Å². The van der Waals surface area contributed by atoms with Gasteiger partial charge in [-0.2, -0.15) is 4.68 Å². The molecule has 2 atom stereocenters. The average Bonchev–Trinajstić information content (AvgIpc) is 3.91. The molecule has 0 amide bonds. The Morgan fingerprint density at radius 1 is 0.940 bits per heavy atom. The third kappa shape index (κ3) is 6.35. The zero-order chi connectivity index (χ0) is 35.0. The van der Waals surface area contributed by atoms with Crippen LogP contribution < -0.4 is 15.3 Å². The molecule has 2 heterocycles. The van der Waals surface area contributed by atoms with Gasteiger partial charge >= 0.3 is 5.97 Å². The van der Waals surface area contributed by atoms with Crippen molar-refractivity contribution in [3.05, 3.63) is 106 Å². The second kappa shape index (κ2) is 14.1. The Kier molecular flexibility index (Phi) is 9.81. The minimum Gasteiger partial charge on any atom is -0.466 e. The molecule has 0 spiro atoms. The van der Waals surface area contributed by atoms with E-state index in [4.69, 9.17) is 21.4 Å². The largest absolute Gasteiger partial charge is 0.466 e. The Morgan fingerprint density at radius 3 is 2.24 bits per heavy atom. The number of esters is 1. The number of hydrogen-bond donors (Lipinski definition) is 1. The fourth-order valence-electron chi connectivity index (χ4n) is 8.71. The van der Waals surface area contributed by atoms with E-state index in [-0.39, 0.29) is 23.7 Å². The van der Waals surface area contributed by atoms with Crippen LogP contribution in [-0.2, 0) is 22.4 Å². The molecular formula is C41H48ClN3O4Si. The maximum atomic E-state index is 14.3. The molecule has 2 fully saturated rings. The molecule has 7 nitrogen and oxygen atoms in total. The molecule has 1 aromatic heterocycles. The number of nitrogens with zero attached hydrogens (tertiary/aromatic N) is 3. The van der Waals surface area contributed by atoms with Gasteiger partial charge in [0.2, 0.25) is 0 Å². The summed E-state index contributed by atoms with van der Waals surface area (Å²) in [6, 6.07) is 25.9. The van der Waals surface area contributed by atoms with E-state index >= 15 is 0 Å². The van der Waals surface area contributed by atoms with Crippen molar-refractivity contribution in [1.29, 1.82) is 0 Å². The Bertz CT molecular complexity index is 1820. The molecule has 7 rings (SSSR count). The van der Waals surface area contributed by atoms with E-state index in [1.165, 1.54) is 0 Å². The second-order valence-electron chi connectivity index (χ2n) is 15.0. The number of ether oxygens (including phenoxy) is 1. The van der Waals surface area contributed by atoms with Crippen LogP contribution >= 0.6 is 11.6 Å². The molecule has 50 heavy (non-hydrogen) atoms. The first-order valence-electron chi connectivity index (χ1n) is 18.3. The van der Waals surface area contributed by atoms with Crippen molar-refractivity contribution in [2.24, 2.45) is 11.8 Å². The standard InChI is InChI=1S/C41H48ClN3O4Si/c1-4-49-40(47)33-24-25-44(27-29(33)26-41(2,3)50(48,30-14-7-5-8-15-30)31-16-9-6-10-17-31)38-34-18-11-12-21-36(34)45(43-38)39(46)37-32(28-22-23-28)19-13-20-35(37)42/h5-10,13-17,19-20,28-29,33,48H,4,11-12,18,21-27H2,1-3H3/t29-,33-/m1/s1. The summed E-state index contributed by atoms with van der Waals surface area (Å²) in [5.41, 5.74) is 3.72. The number of carbonyl (C=O) groups excluding carboxylic acids is 2.